The zero-order chi connectivity index (χ0) is 13.8. The summed E-state index contributed by atoms with van der Waals surface area (Å²) in [4.78, 5) is 11.3. The Morgan fingerprint density at radius 2 is 2.11 bits per heavy atom. The first-order valence-electron chi connectivity index (χ1n) is 6.35. The largest absolute Gasteiger partial charge is 0.355 e. The molecule has 0 radical (unpaired) electrons. The van der Waals surface area contributed by atoms with Crippen molar-refractivity contribution < 1.29 is 4.79 Å². The minimum Gasteiger partial charge on any atom is -0.355 e. The lowest BCUT2D eigenvalue weighted by Crippen LogP contribution is -2.33. The average molecular weight is 252 g/mol. The number of amides is 1. The van der Waals surface area contributed by atoms with Gasteiger partial charge in [0.15, 0.2) is 0 Å². The van der Waals surface area contributed by atoms with Crippen molar-refractivity contribution in [1.29, 1.82) is 0 Å². The molecule has 1 rings (SSSR count). The Morgan fingerprint density at radius 1 is 1.44 bits per heavy atom. The molecule has 0 unspecified atom stereocenters. The lowest BCUT2D eigenvalue weighted by atomic mass is 9.89. The molecule has 102 valence electrons. The molecule has 2 N–H and O–H groups in total. The van der Waals surface area contributed by atoms with Crippen LogP contribution in [0.25, 0.3) is 0 Å². The minimum atomic E-state index is 0.0178. The van der Waals surface area contributed by atoms with E-state index in [-0.39, 0.29) is 11.3 Å². The molecule has 0 aliphatic carbocycles. The van der Waals surface area contributed by atoms with Gasteiger partial charge in [0.1, 0.15) is 0 Å². The number of aryl methyl sites for hydroxylation is 1. The third-order valence-electron chi connectivity index (χ3n) is 2.59. The SMILES string of the molecule is CCNC(=O)CNCc1cn(C)nc1C(C)(C)C. The van der Waals surface area contributed by atoms with E-state index in [0.29, 0.717) is 19.6 Å². The number of hydrogen-bond donors (Lipinski definition) is 2. The van der Waals surface area contributed by atoms with E-state index in [9.17, 15) is 4.79 Å². The van der Waals surface area contributed by atoms with Crippen molar-refractivity contribution in [2.24, 2.45) is 7.05 Å². The van der Waals surface area contributed by atoms with Crippen LogP contribution in [-0.2, 0) is 23.8 Å². The molecule has 1 heterocycles. The van der Waals surface area contributed by atoms with E-state index in [1.165, 1.54) is 0 Å². The molecule has 0 spiro atoms. The number of rotatable bonds is 5. The fraction of sp³-hybridized carbons (Fsp3) is 0.692. The normalized spacial score (nSPS) is 11.6. The highest BCUT2D eigenvalue weighted by atomic mass is 16.1. The lowest BCUT2D eigenvalue weighted by molar-refractivity contribution is -0.120. The molecule has 0 aliphatic rings. The monoisotopic (exact) mass is 252 g/mol. The molecule has 0 saturated carbocycles. The molecular weight excluding hydrogens is 228 g/mol. The zero-order valence-corrected chi connectivity index (χ0v) is 12.0. The van der Waals surface area contributed by atoms with Crippen molar-refractivity contribution in [2.45, 2.75) is 39.7 Å². The average Bonchev–Trinajstić information content (AvgIpc) is 2.60. The maximum Gasteiger partial charge on any atom is 0.233 e. The van der Waals surface area contributed by atoms with Crippen LogP contribution in [0, 0.1) is 0 Å². The topological polar surface area (TPSA) is 59.0 Å². The van der Waals surface area contributed by atoms with Crippen molar-refractivity contribution in [3.63, 3.8) is 0 Å². The Morgan fingerprint density at radius 3 is 2.67 bits per heavy atom. The van der Waals surface area contributed by atoms with Gasteiger partial charge in [-0.2, -0.15) is 5.10 Å². The molecule has 0 bridgehead atoms. The third-order valence-corrected chi connectivity index (χ3v) is 2.59. The Balaban J connectivity index is 2.60. The maximum absolute atomic E-state index is 11.3. The van der Waals surface area contributed by atoms with Gasteiger partial charge in [-0.15, -0.1) is 0 Å². The van der Waals surface area contributed by atoms with E-state index in [1.54, 1.807) is 0 Å². The number of carbonyl (C=O) groups is 1. The summed E-state index contributed by atoms with van der Waals surface area (Å²) in [6.45, 7) is 10.0. The fourth-order valence-electron chi connectivity index (χ4n) is 1.87. The van der Waals surface area contributed by atoms with Gasteiger partial charge in [-0.25, -0.2) is 0 Å². The molecule has 1 aromatic rings. The zero-order valence-electron chi connectivity index (χ0n) is 12.0. The second-order valence-electron chi connectivity index (χ2n) is 5.48. The Labute approximate surface area is 109 Å². The van der Waals surface area contributed by atoms with Gasteiger partial charge < -0.3 is 10.6 Å². The summed E-state index contributed by atoms with van der Waals surface area (Å²) in [6, 6.07) is 0. The molecule has 0 atom stereocenters. The van der Waals surface area contributed by atoms with Crippen molar-refractivity contribution in [3.8, 4) is 0 Å². The highest BCUT2D eigenvalue weighted by Crippen LogP contribution is 2.23. The number of likely N-dealkylation sites (N-methyl/N-ethyl adjacent to an activating group) is 1. The first-order valence-corrected chi connectivity index (χ1v) is 6.35. The standard InChI is InChI=1S/C13H24N4O/c1-6-15-11(18)8-14-7-10-9-17(5)16-12(10)13(2,3)4/h9,14H,6-8H2,1-5H3,(H,15,18). The van der Waals surface area contributed by atoms with Gasteiger partial charge in [0, 0.05) is 37.3 Å². The lowest BCUT2D eigenvalue weighted by Gasteiger charge is -2.17. The first kappa shape index (κ1) is 14.7. The molecule has 1 aromatic heterocycles. The van der Waals surface area contributed by atoms with Gasteiger partial charge in [0.25, 0.3) is 0 Å². The van der Waals surface area contributed by atoms with Gasteiger partial charge in [-0.3, -0.25) is 9.48 Å². The van der Waals surface area contributed by atoms with Crippen LogP contribution in [0.1, 0.15) is 39.0 Å². The first-order chi connectivity index (χ1) is 8.34. The molecule has 5 heteroatoms. The predicted molar refractivity (Wildman–Crippen MR) is 72.3 cm³/mol. The van der Waals surface area contributed by atoms with E-state index in [1.807, 2.05) is 24.9 Å². The second-order valence-corrected chi connectivity index (χ2v) is 5.48. The Hall–Kier alpha value is -1.36. The summed E-state index contributed by atoms with van der Waals surface area (Å²) in [5.74, 6) is 0.0266. The summed E-state index contributed by atoms with van der Waals surface area (Å²) < 4.78 is 1.82. The molecule has 0 aromatic carbocycles. The van der Waals surface area contributed by atoms with E-state index in [2.05, 4.69) is 36.5 Å². The number of hydrogen-bond acceptors (Lipinski definition) is 3. The Kier molecular flexibility index (Phi) is 4.90. The molecule has 5 nitrogen and oxygen atoms in total. The van der Waals surface area contributed by atoms with Crippen molar-refractivity contribution in [3.05, 3.63) is 17.5 Å². The summed E-state index contributed by atoms with van der Waals surface area (Å²) in [5, 5.41) is 10.4. The van der Waals surface area contributed by atoms with Crippen LogP contribution in [0.4, 0.5) is 0 Å². The predicted octanol–water partition coefficient (Wildman–Crippen LogP) is 0.943. The fourth-order valence-corrected chi connectivity index (χ4v) is 1.87. The third kappa shape index (κ3) is 4.14. The van der Waals surface area contributed by atoms with Crippen LogP contribution in [0.15, 0.2) is 6.20 Å². The number of aromatic nitrogens is 2. The minimum absolute atomic E-state index is 0.0178. The molecule has 0 aliphatic heterocycles. The van der Waals surface area contributed by atoms with E-state index >= 15 is 0 Å². The molecular formula is C13H24N4O. The molecule has 18 heavy (non-hydrogen) atoms. The number of nitrogens with zero attached hydrogens (tertiary/aromatic N) is 2. The van der Waals surface area contributed by atoms with E-state index in [4.69, 9.17) is 0 Å². The van der Waals surface area contributed by atoms with Crippen LogP contribution >= 0.6 is 0 Å². The molecule has 0 fully saturated rings. The summed E-state index contributed by atoms with van der Waals surface area (Å²) >= 11 is 0. The van der Waals surface area contributed by atoms with Crippen LogP contribution in [0.2, 0.25) is 0 Å². The number of carbonyl (C=O) groups excluding carboxylic acids is 1. The summed E-state index contributed by atoms with van der Waals surface area (Å²) in [6.07, 6.45) is 2.01. The Bertz CT molecular complexity index is 404. The van der Waals surface area contributed by atoms with Gasteiger partial charge in [0.05, 0.1) is 12.2 Å². The highest BCUT2D eigenvalue weighted by Gasteiger charge is 2.21. The summed E-state index contributed by atoms with van der Waals surface area (Å²) in [7, 11) is 1.92. The maximum atomic E-state index is 11.3. The van der Waals surface area contributed by atoms with Gasteiger partial charge in [-0.1, -0.05) is 20.8 Å². The van der Waals surface area contributed by atoms with Gasteiger partial charge in [-0.05, 0) is 6.92 Å². The summed E-state index contributed by atoms with van der Waals surface area (Å²) in [5.41, 5.74) is 2.24. The van der Waals surface area contributed by atoms with Crippen molar-refractivity contribution in [2.75, 3.05) is 13.1 Å². The number of nitrogens with one attached hydrogen (secondary N) is 2. The second kappa shape index (κ2) is 6.00. The van der Waals surface area contributed by atoms with Crippen LogP contribution < -0.4 is 10.6 Å². The van der Waals surface area contributed by atoms with E-state index in [0.717, 1.165) is 11.3 Å². The van der Waals surface area contributed by atoms with Gasteiger partial charge in [0.2, 0.25) is 5.91 Å². The van der Waals surface area contributed by atoms with Crippen LogP contribution in [0.5, 0.6) is 0 Å². The van der Waals surface area contributed by atoms with Crippen molar-refractivity contribution in [1.82, 2.24) is 20.4 Å². The highest BCUT2D eigenvalue weighted by molar-refractivity contribution is 5.77. The molecule has 1 amide bonds. The van der Waals surface area contributed by atoms with Crippen molar-refractivity contribution >= 4 is 5.91 Å². The van der Waals surface area contributed by atoms with Crippen LogP contribution in [0.3, 0.4) is 0 Å². The van der Waals surface area contributed by atoms with E-state index < -0.39 is 0 Å². The quantitative estimate of drug-likeness (QED) is 0.820. The van der Waals surface area contributed by atoms with Crippen LogP contribution in [-0.4, -0.2) is 28.8 Å². The smallest absolute Gasteiger partial charge is 0.233 e. The van der Waals surface area contributed by atoms with Gasteiger partial charge >= 0.3 is 0 Å². The molecule has 0 saturated heterocycles.